The van der Waals surface area contributed by atoms with Gasteiger partial charge in [-0.3, -0.25) is 10.1 Å². The first kappa shape index (κ1) is 13.0. The maximum absolute atomic E-state index is 10.9. The van der Waals surface area contributed by atoms with Gasteiger partial charge in [-0.2, -0.15) is 0 Å². The highest BCUT2D eigenvalue weighted by Crippen LogP contribution is 2.56. The van der Waals surface area contributed by atoms with E-state index in [9.17, 15) is 10.1 Å². The lowest BCUT2D eigenvalue weighted by molar-refractivity contribution is -0.385. The lowest BCUT2D eigenvalue weighted by atomic mass is 9.91. The zero-order valence-corrected chi connectivity index (χ0v) is 11.5. The predicted octanol–water partition coefficient (Wildman–Crippen LogP) is 1.95. The minimum Gasteiger partial charge on any atom is -0.479 e. The van der Waals surface area contributed by atoms with Crippen LogP contribution in [0.15, 0.2) is 18.2 Å². The van der Waals surface area contributed by atoms with Crippen molar-refractivity contribution in [3.8, 4) is 5.75 Å². The van der Waals surface area contributed by atoms with E-state index in [1.54, 1.807) is 6.07 Å². The number of non-ortho nitro benzene ring substituents is 1. The number of rotatable bonds is 2. The van der Waals surface area contributed by atoms with Crippen LogP contribution in [0.4, 0.5) is 5.69 Å². The number of hydrogen-bond acceptors (Lipinski definition) is 6. The van der Waals surface area contributed by atoms with Gasteiger partial charge in [-0.15, -0.1) is 0 Å². The summed E-state index contributed by atoms with van der Waals surface area (Å²) in [6.45, 7) is 3.17. The fourth-order valence-corrected chi connectivity index (χ4v) is 3.05. The summed E-state index contributed by atoms with van der Waals surface area (Å²) in [7, 11) is 0. The molecule has 0 N–H and O–H groups in total. The first-order valence-corrected chi connectivity index (χ1v) is 6.95. The van der Waals surface area contributed by atoms with E-state index in [0.29, 0.717) is 19.0 Å². The summed E-state index contributed by atoms with van der Waals surface area (Å²) in [6, 6.07) is 4.57. The molecule has 3 heterocycles. The molecule has 3 aliphatic rings. The Labute approximate surface area is 120 Å². The second kappa shape index (κ2) is 4.40. The Balaban J connectivity index is 1.67. The van der Waals surface area contributed by atoms with Crippen LogP contribution in [0.1, 0.15) is 25.0 Å². The summed E-state index contributed by atoms with van der Waals surface area (Å²) < 4.78 is 23.1. The van der Waals surface area contributed by atoms with Crippen molar-refractivity contribution in [3.05, 3.63) is 33.9 Å². The van der Waals surface area contributed by atoms with Crippen LogP contribution >= 0.6 is 0 Å². The van der Waals surface area contributed by atoms with E-state index in [2.05, 4.69) is 0 Å². The van der Waals surface area contributed by atoms with Crippen LogP contribution < -0.4 is 4.74 Å². The Morgan fingerprint density at radius 3 is 2.81 bits per heavy atom. The summed E-state index contributed by atoms with van der Waals surface area (Å²) in [4.78, 5) is 10.4. The van der Waals surface area contributed by atoms with Gasteiger partial charge in [0, 0.05) is 17.7 Å². The van der Waals surface area contributed by atoms with E-state index in [1.807, 2.05) is 6.92 Å². The van der Waals surface area contributed by atoms with Crippen molar-refractivity contribution in [1.82, 2.24) is 0 Å². The van der Waals surface area contributed by atoms with E-state index in [4.69, 9.17) is 18.9 Å². The zero-order chi connectivity index (χ0) is 14.6. The zero-order valence-electron chi connectivity index (χ0n) is 11.5. The standard InChI is InChI=1S/C14H15NO6/c1-14(13-18-5-2-6-19-13)12-11(20-12)9-7-8(15(16)17)3-4-10(9)21-14/h3-4,7,11-13H,2,5-6H2,1H3/t11-,12-,14+/m1/s1. The average Bonchev–Trinajstić information content (AvgIpc) is 3.29. The number of nitrogens with zero attached hydrogens (tertiary/aromatic N) is 1. The number of nitro benzene ring substituents is 1. The van der Waals surface area contributed by atoms with E-state index in [0.717, 1.165) is 12.0 Å². The van der Waals surface area contributed by atoms with Crippen LogP contribution in [0.2, 0.25) is 0 Å². The summed E-state index contributed by atoms with van der Waals surface area (Å²) in [5.74, 6) is 0.597. The van der Waals surface area contributed by atoms with E-state index >= 15 is 0 Å². The van der Waals surface area contributed by atoms with Gasteiger partial charge in [0.15, 0.2) is 11.9 Å². The molecular weight excluding hydrogens is 278 g/mol. The third-order valence-electron chi connectivity index (χ3n) is 4.19. The molecule has 0 spiro atoms. The molecule has 7 heteroatoms. The van der Waals surface area contributed by atoms with E-state index in [1.165, 1.54) is 12.1 Å². The van der Waals surface area contributed by atoms with Crippen molar-refractivity contribution < 1.29 is 23.9 Å². The molecular formula is C14H15NO6. The average molecular weight is 293 g/mol. The molecule has 0 radical (unpaired) electrons. The molecule has 2 fully saturated rings. The molecule has 0 aromatic heterocycles. The van der Waals surface area contributed by atoms with Crippen LogP contribution in [-0.4, -0.2) is 36.1 Å². The molecule has 4 rings (SSSR count). The number of epoxide rings is 1. The summed E-state index contributed by atoms with van der Waals surface area (Å²) >= 11 is 0. The fourth-order valence-electron chi connectivity index (χ4n) is 3.05. The monoisotopic (exact) mass is 293 g/mol. The van der Waals surface area contributed by atoms with Crippen molar-refractivity contribution in [3.63, 3.8) is 0 Å². The smallest absolute Gasteiger partial charge is 0.270 e. The second-order valence-corrected chi connectivity index (χ2v) is 5.67. The number of hydrogen-bond donors (Lipinski definition) is 0. The SMILES string of the molecule is C[C@]1(C2OCCCO2)Oc2ccc([N+](=O)[O-])cc2[C@H]2O[C@H]21. The molecule has 0 amide bonds. The van der Waals surface area contributed by atoms with Crippen LogP contribution in [0.3, 0.4) is 0 Å². The van der Waals surface area contributed by atoms with Gasteiger partial charge in [0.2, 0.25) is 0 Å². The Morgan fingerprint density at radius 1 is 1.33 bits per heavy atom. The topological polar surface area (TPSA) is 83.4 Å². The highest BCUT2D eigenvalue weighted by Gasteiger charge is 2.63. The highest BCUT2D eigenvalue weighted by atomic mass is 16.7. The maximum atomic E-state index is 10.9. The molecule has 0 unspecified atom stereocenters. The summed E-state index contributed by atoms with van der Waals surface area (Å²) in [6.07, 6.45) is -0.00269. The third-order valence-corrected chi connectivity index (χ3v) is 4.19. The van der Waals surface area contributed by atoms with Gasteiger partial charge in [0.1, 0.15) is 18.0 Å². The molecule has 1 aromatic carbocycles. The molecule has 3 atom stereocenters. The van der Waals surface area contributed by atoms with Gasteiger partial charge >= 0.3 is 0 Å². The highest BCUT2D eigenvalue weighted by molar-refractivity contribution is 5.49. The van der Waals surface area contributed by atoms with Crippen LogP contribution in [0.25, 0.3) is 0 Å². The van der Waals surface area contributed by atoms with Crippen LogP contribution in [0, 0.1) is 10.1 Å². The minimum atomic E-state index is -0.728. The van der Waals surface area contributed by atoms with E-state index < -0.39 is 16.8 Å². The molecule has 112 valence electrons. The minimum absolute atomic E-state index is 0.0420. The Morgan fingerprint density at radius 2 is 2.10 bits per heavy atom. The quantitative estimate of drug-likeness (QED) is 0.471. The number of ether oxygens (including phenoxy) is 4. The molecule has 0 bridgehead atoms. The summed E-state index contributed by atoms with van der Waals surface area (Å²) in [5.41, 5.74) is 0.0386. The van der Waals surface area contributed by atoms with Gasteiger partial charge in [0.05, 0.1) is 18.1 Å². The van der Waals surface area contributed by atoms with Crippen LogP contribution in [0.5, 0.6) is 5.75 Å². The molecule has 3 aliphatic heterocycles. The Kier molecular flexibility index (Phi) is 2.72. The van der Waals surface area contributed by atoms with Crippen molar-refractivity contribution in [1.29, 1.82) is 0 Å². The Bertz CT molecular complexity index is 599. The third kappa shape index (κ3) is 1.92. The van der Waals surface area contributed by atoms with Gasteiger partial charge in [-0.25, -0.2) is 0 Å². The largest absolute Gasteiger partial charge is 0.479 e. The first-order valence-electron chi connectivity index (χ1n) is 6.95. The Hall–Kier alpha value is -1.70. The molecule has 21 heavy (non-hydrogen) atoms. The van der Waals surface area contributed by atoms with Crippen LogP contribution in [-0.2, 0) is 14.2 Å². The van der Waals surface area contributed by atoms with Crippen molar-refractivity contribution in [2.45, 2.75) is 37.4 Å². The second-order valence-electron chi connectivity index (χ2n) is 5.67. The number of nitro groups is 1. The fraction of sp³-hybridized carbons (Fsp3) is 0.571. The van der Waals surface area contributed by atoms with Crippen molar-refractivity contribution in [2.75, 3.05) is 13.2 Å². The molecule has 2 saturated heterocycles. The molecule has 0 aliphatic carbocycles. The maximum Gasteiger partial charge on any atom is 0.270 e. The number of benzene rings is 1. The number of fused-ring (bicyclic) bond motifs is 3. The van der Waals surface area contributed by atoms with Crippen molar-refractivity contribution >= 4 is 5.69 Å². The van der Waals surface area contributed by atoms with Gasteiger partial charge in [-0.05, 0) is 19.4 Å². The predicted molar refractivity (Wildman–Crippen MR) is 70.1 cm³/mol. The normalized spacial score (nSPS) is 34.5. The molecule has 7 nitrogen and oxygen atoms in total. The lowest BCUT2D eigenvalue weighted by Crippen LogP contribution is -2.55. The van der Waals surface area contributed by atoms with Crippen molar-refractivity contribution in [2.24, 2.45) is 0 Å². The van der Waals surface area contributed by atoms with Gasteiger partial charge in [0.25, 0.3) is 5.69 Å². The molecule has 0 saturated carbocycles. The lowest BCUT2D eigenvalue weighted by Gasteiger charge is -2.40. The van der Waals surface area contributed by atoms with E-state index in [-0.39, 0.29) is 17.9 Å². The van der Waals surface area contributed by atoms with Gasteiger partial charge < -0.3 is 18.9 Å². The first-order chi connectivity index (χ1) is 10.1. The summed E-state index contributed by atoms with van der Waals surface area (Å²) in [5, 5.41) is 10.9. The van der Waals surface area contributed by atoms with Gasteiger partial charge in [-0.1, -0.05) is 0 Å². The molecule has 1 aromatic rings.